The topological polar surface area (TPSA) is 59.0 Å². The van der Waals surface area contributed by atoms with Crippen molar-refractivity contribution in [3.8, 4) is 0 Å². The van der Waals surface area contributed by atoms with E-state index in [1.165, 1.54) is 0 Å². The molecule has 0 fully saturated rings. The van der Waals surface area contributed by atoms with Gasteiger partial charge in [0.15, 0.2) is 0 Å². The average molecular weight is 238 g/mol. The van der Waals surface area contributed by atoms with Crippen LogP contribution in [0.4, 0.5) is 0 Å². The fourth-order valence-electron chi connectivity index (χ4n) is 1.46. The summed E-state index contributed by atoms with van der Waals surface area (Å²) >= 11 is 0. The predicted octanol–water partition coefficient (Wildman–Crippen LogP) is 0.765. The Balaban J connectivity index is 2.30. The summed E-state index contributed by atoms with van der Waals surface area (Å²) in [5, 5.41) is 5.94. The molecule has 1 aromatic heterocycles. The maximum atomic E-state index is 11.1. The number of rotatable bonds is 7. The molecule has 0 bridgehead atoms. The van der Waals surface area contributed by atoms with Gasteiger partial charge in [-0.2, -0.15) is 0 Å². The number of nitrogens with zero attached hydrogens (tertiary/aromatic N) is 2. The maximum absolute atomic E-state index is 11.1. The Bertz CT molecular complexity index is 346. The number of amides is 1. The Morgan fingerprint density at radius 1 is 1.53 bits per heavy atom. The van der Waals surface area contributed by atoms with E-state index in [4.69, 9.17) is 0 Å². The number of hydrogen-bond acceptors (Lipinski definition) is 3. The van der Waals surface area contributed by atoms with Crippen molar-refractivity contribution in [3.05, 3.63) is 18.2 Å². The molecule has 1 amide bonds. The van der Waals surface area contributed by atoms with E-state index < -0.39 is 0 Å². The maximum Gasteiger partial charge on any atom is 0.221 e. The van der Waals surface area contributed by atoms with E-state index in [-0.39, 0.29) is 5.91 Å². The standard InChI is InChI=1S/C12H22N4O/c1-10(2)6-14-7-11-8-16(9-15-11)5-4-12(17)13-3/h8-10,14H,4-7H2,1-3H3,(H,13,17). The molecule has 0 spiro atoms. The highest BCUT2D eigenvalue weighted by Gasteiger charge is 2.02. The minimum atomic E-state index is 0.0539. The van der Waals surface area contributed by atoms with E-state index in [0.29, 0.717) is 18.9 Å². The normalized spacial score (nSPS) is 10.8. The van der Waals surface area contributed by atoms with Crippen molar-refractivity contribution >= 4 is 5.91 Å². The number of hydrogen-bond donors (Lipinski definition) is 2. The van der Waals surface area contributed by atoms with Crippen LogP contribution in [0.25, 0.3) is 0 Å². The van der Waals surface area contributed by atoms with Crippen LogP contribution in [0.3, 0.4) is 0 Å². The van der Waals surface area contributed by atoms with Gasteiger partial charge in [0.05, 0.1) is 12.0 Å². The van der Waals surface area contributed by atoms with Crippen molar-refractivity contribution in [2.45, 2.75) is 33.4 Å². The number of nitrogens with one attached hydrogen (secondary N) is 2. The molecule has 0 radical (unpaired) electrons. The molecule has 5 heteroatoms. The third-order valence-corrected chi connectivity index (χ3v) is 2.42. The summed E-state index contributed by atoms with van der Waals surface area (Å²) in [4.78, 5) is 15.4. The number of aromatic nitrogens is 2. The molecule has 1 heterocycles. The van der Waals surface area contributed by atoms with E-state index in [1.54, 1.807) is 13.4 Å². The Hall–Kier alpha value is -1.36. The van der Waals surface area contributed by atoms with Crippen LogP contribution in [0.15, 0.2) is 12.5 Å². The molecule has 0 aliphatic heterocycles. The number of imidazole rings is 1. The second kappa shape index (κ2) is 7.06. The number of aryl methyl sites for hydroxylation is 1. The molecule has 0 aromatic carbocycles. The van der Waals surface area contributed by atoms with Crippen LogP contribution in [0, 0.1) is 5.92 Å². The van der Waals surface area contributed by atoms with Gasteiger partial charge >= 0.3 is 0 Å². The van der Waals surface area contributed by atoms with Gasteiger partial charge in [-0.05, 0) is 12.5 Å². The van der Waals surface area contributed by atoms with Crippen LogP contribution < -0.4 is 10.6 Å². The average Bonchev–Trinajstić information content (AvgIpc) is 2.73. The lowest BCUT2D eigenvalue weighted by Gasteiger charge is -2.04. The zero-order valence-corrected chi connectivity index (χ0v) is 10.9. The fourth-order valence-corrected chi connectivity index (χ4v) is 1.46. The first-order chi connectivity index (χ1) is 8.11. The number of carbonyl (C=O) groups excluding carboxylic acids is 1. The zero-order valence-electron chi connectivity index (χ0n) is 10.9. The number of carbonyl (C=O) groups is 1. The van der Waals surface area contributed by atoms with Crippen LogP contribution in [0.2, 0.25) is 0 Å². The van der Waals surface area contributed by atoms with Crippen LogP contribution in [0.5, 0.6) is 0 Å². The highest BCUT2D eigenvalue weighted by Crippen LogP contribution is 1.98. The smallest absolute Gasteiger partial charge is 0.221 e. The third kappa shape index (κ3) is 5.49. The molecule has 5 nitrogen and oxygen atoms in total. The summed E-state index contributed by atoms with van der Waals surface area (Å²) in [5.74, 6) is 0.698. The molecule has 0 aliphatic rings. The molecule has 17 heavy (non-hydrogen) atoms. The quantitative estimate of drug-likeness (QED) is 0.737. The van der Waals surface area contributed by atoms with Crippen LogP contribution >= 0.6 is 0 Å². The molecular weight excluding hydrogens is 216 g/mol. The summed E-state index contributed by atoms with van der Waals surface area (Å²) in [6.07, 6.45) is 4.25. The largest absolute Gasteiger partial charge is 0.359 e. The minimum Gasteiger partial charge on any atom is -0.359 e. The summed E-state index contributed by atoms with van der Waals surface area (Å²) in [6.45, 7) is 6.80. The fraction of sp³-hybridized carbons (Fsp3) is 0.667. The van der Waals surface area contributed by atoms with Crippen molar-refractivity contribution in [2.75, 3.05) is 13.6 Å². The lowest BCUT2D eigenvalue weighted by Crippen LogP contribution is -2.19. The van der Waals surface area contributed by atoms with Gasteiger partial charge < -0.3 is 15.2 Å². The molecule has 2 N–H and O–H groups in total. The van der Waals surface area contributed by atoms with Gasteiger partial charge in [0.2, 0.25) is 5.91 Å². The minimum absolute atomic E-state index is 0.0539. The summed E-state index contributed by atoms with van der Waals surface area (Å²) in [7, 11) is 1.65. The lowest BCUT2D eigenvalue weighted by atomic mass is 10.2. The van der Waals surface area contributed by atoms with Gasteiger partial charge in [0.25, 0.3) is 0 Å². The molecule has 0 atom stereocenters. The molecular formula is C12H22N4O. The highest BCUT2D eigenvalue weighted by atomic mass is 16.1. The van der Waals surface area contributed by atoms with Crippen molar-refractivity contribution < 1.29 is 4.79 Å². The summed E-state index contributed by atoms with van der Waals surface area (Å²) < 4.78 is 1.95. The first-order valence-electron chi connectivity index (χ1n) is 6.03. The molecule has 0 saturated carbocycles. The van der Waals surface area contributed by atoms with Crippen molar-refractivity contribution in [1.82, 2.24) is 20.2 Å². The third-order valence-electron chi connectivity index (χ3n) is 2.42. The van der Waals surface area contributed by atoms with Gasteiger partial charge in [0, 0.05) is 32.8 Å². The van der Waals surface area contributed by atoms with Gasteiger partial charge in [-0.3, -0.25) is 4.79 Å². The Labute approximate surface area is 103 Å². The van der Waals surface area contributed by atoms with Crippen molar-refractivity contribution in [3.63, 3.8) is 0 Å². The van der Waals surface area contributed by atoms with Gasteiger partial charge in [-0.1, -0.05) is 13.8 Å². The zero-order chi connectivity index (χ0) is 12.7. The van der Waals surface area contributed by atoms with E-state index in [9.17, 15) is 4.79 Å². The van der Waals surface area contributed by atoms with Crippen molar-refractivity contribution in [1.29, 1.82) is 0 Å². The van der Waals surface area contributed by atoms with Gasteiger partial charge in [-0.25, -0.2) is 4.98 Å². The molecule has 96 valence electrons. The Morgan fingerprint density at radius 2 is 2.29 bits per heavy atom. The SMILES string of the molecule is CNC(=O)CCn1cnc(CNCC(C)C)c1. The second-order valence-electron chi connectivity index (χ2n) is 4.55. The molecule has 1 aromatic rings. The first kappa shape index (κ1) is 13.7. The van der Waals surface area contributed by atoms with Gasteiger partial charge in [0.1, 0.15) is 0 Å². The van der Waals surface area contributed by atoms with E-state index in [2.05, 4.69) is 29.5 Å². The Morgan fingerprint density at radius 3 is 2.94 bits per heavy atom. The van der Waals surface area contributed by atoms with Crippen molar-refractivity contribution in [2.24, 2.45) is 5.92 Å². The van der Waals surface area contributed by atoms with E-state index in [0.717, 1.165) is 18.8 Å². The molecule has 0 aliphatic carbocycles. The lowest BCUT2D eigenvalue weighted by molar-refractivity contribution is -0.120. The van der Waals surface area contributed by atoms with E-state index in [1.807, 2.05) is 10.8 Å². The van der Waals surface area contributed by atoms with Crippen LogP contribution in [0.1, 0.15) is 26.0 Å². The first-order valence-corrected chi connectivity index (χ1v) is 6.03. The van der Waals surface area contributed by atoms with Crippen LogP contribution in [-0.2, 0) is 17.9 Å². The van der Waals surface area contributed by atoms with E-state index >= 15 is 0 Å². The highest BCUT2D eigenvalue weighted by molar-refractivity contribution is 5.75. The van der Waals surface area contributed by atoms with Crippen LogP contribution in [-0.4, -0.2) is 29.1 Å². The Kier molecular flexibility index (Phi) is 5.69. The monoisotopic (exact) mass is 238 g/mol. The van der Waals surface area contributed by atoms with Gasteiger partial charge in [-0.15, -0.1) is 0 Å². The predicted molar refractivity (Wildman–Crippen MR) is 67.5 cm³/mol. The summed E-state index contributed by atoms with van der Waals surface area (Å²) in [5.41, 5.74) is 1.02. The molecule has 1 rings (SSSR count). The second-order valence-corrected chi connectivity index (χ2v) is 4.55. The molecule has 0 unspecified atom stereocenters. The summed E-state index contributed by atoms with van der Waals surface area (Å²) in [6, 6.07) is 0. The molecule has 0 saturated heterocycles.